The molecule has 2 aromatic carbocycles. The van der Waals surface area contributed by atoms with Crippen molar-refractivity contribution >= 4 is 40.9 Å². The number of hydrogen-bond acceptors (Lipinski definition) is 9. The summed E-state index contributed by atoms with van der Waals surface area (Å²) in [6.45, 7) is -0.106. The summed E-state index contributed by atoms with van der Waals surface area (Å²) in [4.78, 5) is 49.6. The molecule has 0 unspecified atom stereocenters. The molecule has 1 aliphatic rings. The van der Waals surface area contributed by atoms with Gasteiger partial charge in [0.1, 0.15) is 12.4 Å². The smallest absolute Gasteiger partial charge is 0.373 e. The van der Waals surface area contributed by atoms with Crippen LogP contribution in [0.3, 0.4) is 0 Å². The van der Waals surface area contributed by atoms with E-state index < -0.39 is 23.1 Å². The van der Waals surface area contributed by atoms with E-state index in [2.05, 4.69) is 4.74 Å². The molecular formula is C26H21NO9S. The normalized spacial score (nSPS) is 14.2. The number of aromatic carboxylic acids is 1. The highest BCUT2D eigenvalue weighted by Crippen LogP contribution is 2.38. The highest BCUT2D eigenvalue weighted by Gasteiger charge is 2.36. The first-order valence-electron chi connectivity index (χ1n) is 10.8. The van der Waals surface area contributed by atoms with Gasteiger partial charge in [-0.1, -0.05) is 24.3 Å². The third-order valence-corrected chi connectivity index (χ3v) is 6.22. The van der Waals surface area contributed by atoms with E-state index in [1.165, 1.54) is 44.6 Å². The predicted octanol–water partition coefficient (Wildman–Crippen LogP) is 4.59. The van der Waals surface area contributed by atoms with Gasteiger partial charge in [-0.15, -0.1) is 0 Å². The largest absolute Gasteiger partial charge is 0.493 e. The van der Waals surface area contributed by atoms with Crippen LogP contribution in [0.15, 0.2) is 63.9 Å². The van der Waals surface area contributed by atoms with Gasteiger partial charge in [0.25, 0.3) is 11.1 Å². The van der Waals surface area contributed by atoms with E-state index in [-0.39, 0.29) is 35.1 Å². The Morgan fingerprint density at radius 1 is 1.08 bits per heavy atom. The van der Waals surface area contributed by atoms with E-state index in [0.29, 0.717) is 22.6 Å². The number of methoxy groups -OCH3 is 2. The van der Waals surface area contributed by atoms with Gasteiger partial charge in [-0.05, 0) is 53.7 Å². The van der Waals surface area contributed by atoms with Crippen molar-refractivity contribution in [2.45, 2.75) is 13.2 Å². The van der Waals surface area contributed by atoms with Crippen LogP contribution in [0.25, 0.3) is 6.08 Å². The predicted molar refractivity (Wildman–Crippen MR) is 132 cm³/mol. The number of amides is 2. The summed E-state index contributed by atoms with van der Waals surface area (Å²) in [6, 6.07) is 14.3. The van der Waals surface area contributed by atoms with E-state index >= 15 is 0 Å². The molecule has 37 heavy (non-hydrogen) atoms. The summed E-state index contributed by atoms with van der Waals surface area (Å²) in [5.74, 6) is -1.31. The van der Waals surface area contributed by atoms with Crippen LogP contribution in [0.1, 0.15) is 37.8 Å². The zero-order valence-electron chi connectivity index (χ0n) is 19.8. The van der Waals surface area contributed by atoms with Crippen molar-refractivity contribution in [2.24, 2.45) is 0 Å². The van der Waals surface area contributed by atoms with E-state index in [1.807, 2.05) is 0 Å². The van der Waals surface area contributed by atoms with E-state index in [9.17, 15) is 24.3 Å². The summed E-state index contributed by atoms with van der Waals surface area (Å²) in [6.07, 6.45) is 1.53. The molecule has 2 heterocycles. The average Bonchev–Trinajstić information content (AvgIpc) is 3.47. The number of carbonyl (C=O) groups is 4. The second-order valence-electron chi connectivity index (χ2n) is 7.70. The molecule has 0 atom stereocenters. The topological polar surface area (TPSA) is 133 Å². The Morgan fingerprint density at radius 2 is 1.86 bits per heavy atom. The molecule has 0 bridgehead atoms. The summed E-state index contributed by atoms with van der Waals surface area (Å²) in [7, 11) is 2.69. The molecule has 1 N–H and O–H groups in total. The number of benzene rings is 2. The molecule has 11 heteroatoms. The fraction of sp³-hybridized carbons (Fsp3) is 0.154. The van der Waals surface area contributed by atoms with Crippen molar-refractivity contribution in [3.63, 3.8) is 0 Å². The Bertz CT molecular complexity index is 1410. The number of nitrogens with zero attached hydrogens (tertiary/aromatic N) is 1. The number of carboxylic acid groups (broad SMARTS) is 1. The van der Waals surface area contributed by atoms with Gasteiger partial charge in [-0.25, -0.2) is 9.59 Å². The highest BCUT2D eigenvalue weighted by atomic mass is 32.2. The van der Waals surface area contributed by atoms with Crippen molar-refractivity contribution in [2.75, 3.05) is 14.2 Å². The van der Waals surface area contributed by atoms with Gasteiger partial charge < -0.3 is 23.7 Å². The first kappa shape index (κ1) is 25.6. The lowest BCUT2D eigenvalue weighted by Crippen LogP contribution is -2.27. The highest BCUT2D eigenvalue weighted by molar-refractivity contribution is 8.18. The molecule has 0 radical (unpaired) electrons. The summed E-state index contributed by atoms with van der Waals surface area (Å²) in [5.41, 5.74) is 1.25. The molecule has 0 spiro atoms. The zero-order valence-corrected chi connectivity index (χ0v) is 20.6. The number of ether oxygens (including phenoxy) is 3. The molecule has 1 aliphatic heterocycles. The van der Waals surface area contributed by atoms with Crippen LogP contribution in [0.5, 0.6) is 11.5 Å². The zero-order chi connectivity index (χ0) is 26.5. The van der Waals surface area contributed by atoms with Gasteiger partial charge in [0.05, 0.1) is 31.2 Å². The maximum Gasteiger partial charge on any atom is 0.373 e. The van der Waals surface area contributed by atoms with E-state index in [0.717, 1.165) is 16.7 Å². The van der Waals surface area contributed by atoms with Gasteiger partial charge in [0.15, 0.2) is 11.5 Å². The lowest BCUT2D eigenvalue weighted by Gasteiger charge is -2.14. The van der Waals surface area contributed by atoms with Crippen molar-refractivity contribution in [3.05, 3.63) is 87.7 Å². The SMILES string of the molecule is COC(=O)c1ccc(CN2C(=O)S/C(=C/c3cccc(OC)c3OCc3cccc(C(=O)O)c3)C2=O)o1. The number of carboxylic acids is 1. The number of rotatable bonds is 9. The number of furan rings is 1. The van der Waals surface area contributed by atoms with Gasteiger partial charge in [-0.3, -0.25) is 14.5 Å². The Morgan fingerprint density at radius 3 is 2.59 bits per heavy atom. The van der Waals surface area contributed by atoms with Crippen LogP contribution in [0.2, 0.25) is 0 Å². The maximum atomic E-state index is 13.0. The van der Waals surface area contributed by atoms with Crippen LogP contribution >= 0.6 is 11.8 Å². The molecule has 1 saturated heterocycles. The third-order valence-electron chi connectivity index (χ3n) is 5.31. The van der Waals surface area contributed by atoms with Gasteiger partial charge in [-0.2, -0.15) is 0 Å². The molecule has 1 fully saturated rings. The summed E-state index contributed by atoms with van der Waals surface area (Å²) in [5, 5.41) is 8.72. The fourth-order valence-corrected chi connectivity index (χ4v) is 4.35. The first-order chi connectivity index (χ1) is 17.8. The van der Waals surface area contributed by atoms with E-state index in [4.69, 9.17) is 13.9 Å². The molecule has 0 aliphatic carbocycles. The molecule has 10 nitrogen and oxygen atoms in total. The number of imide groups is 1. The molecule has 1 aromatic heterocycles. The molecule has 2 amide bonds. The lowest BCUT2D eigenvalue weighted by molar-refractivity contribution is -0.123. The van der Waals surface area contributed by atoms with Crippen molar-refractivity contribution in [1.29, 1.82) is 0 Å². The first-order valence-corrected chi connectivity index (χ1v) is 11.7. The fourth-order valence-electron chi connectivity index (χ4n) is 3.52. The van der Waals surface area contributed by atoms with Crippen LogP contribution in [-0.2, 0) is 22.7 Å². The van der Waals surface area contributed by atoms with Crippen molar-refractivity contribution < 1.29 is 42.9 Å². The third kappa shape index (κ3) is 5.67. The van der Waals surface area contributed by atoms with Crippen molar-refractivity contribution in [1.82, 2.24) is 4.90 Å². The number of carbonyl (C=O) groups excluding carboxylic acids is 3. The average molecular weight is 524 g/mol. The number of para-hydroxylation sites is 1. The molecular weight excluding hydrogens is 502 g/mol. The van der Waals surface area contributed by atoms with E-state index in [1.54, 1.807) is 30.3 Å². The molecule has 190 valence electrons. The minimum Gasteiger partial charge on any atom is -0.493 e. The van der Waals surface area contributed by atoms with Gasteiger partial charge in [0, 0.05) is 5.56 Å². The number of esters is 1. The maximum absolute atomic E-state index is 13.0. The second-order valence-corrected chi connectivity index (χ2v) is 8.69. The van der Waals surface area contributed by atoms with Crippen LogP contribution in [0, 0.1) is 0 Å². The monoisotopic (exact) mass is 523 g/mol. The van der Waals surface area contributed by atoms with Crippen LogP contribution in [-0.4, -0.2) is 47.3 Å². The minimum absolute atomic E-state index is 0.0351. The summed E-state index contributed by atoms with van der Waals surface area (Å²) >= 11 is 0.759. The Hall–Kier alpha value is -4.51. The minimum atomic E-state index is -1.05. The van der Waals surface area contributed by atoms with Crippen LogP contribution in [0.4, 0.5) is 4.79 Å². The number of hydrogen-bond donors (Lipinski definition) is 1. The Kier molecular flexibility index (Phi) is 7.63. The lowest BCUT2D eigenvalue weighted by atomic mass is 10.1. The van der Waals surface area contributed by atoms with Crippen LogP contribution < -0.4 is 9.47 Å². The quantitative estimate of drug-likeness (QED) is 0.314. The summed E-state index contributed by atoms with van der Waals surface area (Å²) < 4.78 is 21.4. The molecule has 4 rings (SSSR count). The Labute approximate surface area is 215 Å². The second kappa shape index (κ2) is 11.0. The van der Waals surface area contributed by atoms with Gasteiger partial charge >= 0.3 is 11.9 Å². The molecule has 0 saturated carbocycles. The molecule has 3 aromatic rings. The Balaban J connectivity index is 1.56. The van der Waals surface area contributed by atoms with Crippen molar-refractivity contribution in [3.8, 4) is 11.5 Å². The standard InChI is InChI=1S/C26H21NO9S/c1-33-19-8-4-6-16(22(19)35-14-15-5-3-7-17(11-15)24(29)30)12-21-23(28)27(26(32)37-21)13-18-9-10-20(36-18)25(31)34-2/h3-12H,13-14H2,1-2H3,(H,29,30)/b21-12+. The van der Waals surface area contributed by atoms with Gasteiger partial charge in [0.2, 0.25) is 5.76 Å². The number of thioether (sulfide) groups is 1.